The second kappa shape index (κ2) is 11.0. The fourth-order valence-corrected chi connectivity index (χ4v) is 23.6. The van der Waals surface area contributed by atoms with Crippen LogP contribution in [0, 0.1) is 0 Å². The standard InChI is InChI=1S/C17H42O6Si5/c1-16(2)17(18)19-14-13-15-28(12,23-26(7,8)9)21-24(3)20-27(10,11)22-25(4,5)6/h24H,1,13-15H2,2-12H3. The van der Waals surface area contributed by atoms with E-state index in [0.717, 1.165) is 6.04 Å². The molecule has 0 aliphatic carbocycles. The largest absolute Gasteiger partial charge is 0.462 e. The van der Waals surface area contributed by atoms with Gasteiger partial charge in [0, 0.05) is 5.57 Å². The minimum Gasteiger partial charge on any atom is -0.462 e. The van der Waals surface area contributed by atoms with E-state index in [2.05, 4.69) is 72.0 Å². The lowest BCUT2D eigenvalue weighted by Gasteiger charge is -2.38. The number of carbonyl (C=O) groups excluding carboxylic acids is 1. The Bertz CT molecular complexity index is 529. The summed E-state index contributed by atoms with van der Waals surface area (Å²) in [5, 5.41) is 0. The van der Waals surface area contributed by atoms with E-state index < -0.39 is 43.0 Å². The average Bonchev–Trinajstić information content (AvgIpc) is 2.36. The number of hydrogen-bond donors (Lipinski definition) is 0. The number of carbonyl (C=O) groups is 1. The molecule has 0 saturated heterocycles. The molecular formula is C17H42O6Si5. The van der Waals surface area contributed by atoms with Gasteiger partial charge in [-0.3, -0.25) is 0 Å². The molecule has 6 nitrogen and oxygen atoms in total. The Balaban J connectivity index is 4.94. The third-order valence-electron chi connectivity index (χ3n) is 3.30. The Labute approximate surface area is 178 Å². The van der Waals surface area contributed by atoms with Crippen molar-refractivity contribution in [2.24, 2.45) is 0 Å². The van der Waals surface area contributed by atoms with Gasteiger partial charge in [0.15, 0.2) is 16.6 Å². The summed E-state index contributed by atoms with van der Waals surface area (Å²) in [7, 11) is -10.0. The van der Waals surface area contributed by atoms with Crippen molar-refractivity contribution < 1.29 is 26.0 Å². The third-order valence-corrected chi connectivity index (χ3v) is 20.1. The molecular weight excluding hydrogens is 441 g/mol. The van der Waals surface area contributed by atoms with Crippen LogP contribution in [0.15, 0.2) is 12.2 Å². The van der Waals surface area contributed by atoms with Crippen LogP contribution in [0.4, 0.5) is 0 Å². The molecule has 2 atom stereocenters. The number of ether oxygens (including phenoxy) is 1. The Hall–Kier alpha value is 0.134. The topological polar surface area (TPSA) is 63.2 Å². The average molecular weight is 483 g/mol. The maximum atomic E-state index is 11.6. The van der Waals surface area contributed by atoms with Crippen molar-refractivity contribution in [3.8, 4) is 0 Å². The maximum Gasteiger partial charge on any atom is 0.333 e. The fraction of sp³-hybridized carbons (Fsp3) is 0.824. The van der Waals surface area contributed by atoms with Gasteiger partial charge in [0.25, 0.3) is 0 Å². The summed E-state index contributed by atoms with van der Waals surface area (Å²) < 4.78 is 30.9. The molecule has 0 aromatic carbocycles. The molecule has 0 bridgehead atoms. The Morgan fingerprint density at radius 2 is 1.39 bits per heavy atom. The first-order valence-electron chi connectivity index (χ1n) is 9.93. The molecule has 0 amide bonds. The molecule has 0 fully saturated rings. The molecule has 166 valence electrons. The second-order valence-electron chi connectivity index (χ2n) is 9.79. The molecule has 0 rings (SSSR count). The molecule has 0 aliphatic rings. The van der Waals surface area contributed by atoms with Crippen LogP contribution < -0.4 is 0 Å². The van der Waals surface area contributed by atoms with Crippen LogP contribution in [-0.4, -0.2) is 55.6 Å². The summed E-state index contributed by atoms with van der Waals surface area (Å²) >= 11 is 0. The SMILES string of the molecule is C=C(C)C(=O)OCCC[Si](C)(O[SiH](C)O[Si](C)(C)O[Si](C)(C)C)O[Si](C)(C)C. The molecule has 0 saturated carbocycles. The second-order valence-corrected chi connectivity index (χ2v) is 28.5. The molecule has 0 heterocycles. The summed E-state index contributed by atoms with van der Waals surface area (Å²) in [5.41, 5.74) is 0.415. The molecule has 11 heteroatoms. The van der Waals surface area contributed by atoms with Crippen LogP contribution in [0.5, 0.6) is 0 Å². The highest BCUT2D eigenvalue weighted by Gasteiger charge is 2.40. The van der Waals surface area contributed by atoms with Gasteiger partial charge in [-0.25, -0.2) is 4.79 Å². The van der Waals surface area contributed by atoms with Crippen LogP contribution in [0.2, 0.25) is 71.5 Å². The molecule has 2 unspecified atom stereocenters. The van der Waals surface area contributed by atoms with Crippen LogP contribution in [0.1, 0.15) is 13.3 Å². The number of rotatable bonds is 13. The molecule has 0 aliphatic heterocycles. The van der Waals surface area contributed by atoms with Gasteiger partial charge in [-0.2, -0.15) is 0 Å². The Kier molecular flexibility index (Phi) is 11.0. The van der Waals surface area contributed by atoms with Gasteiger partial charge in [0.2, 0.25) is 0 Å². The van der Waals surface area contributed by atoms with E-state index in [4.69, 9.17) is 21.2 Å². The normalized spacial score (nSPS) is 16.4. The van der Waals surface area contributed by atoms with Crippen molar-refractivity contribution >= 4 is 49.0 Å². The summed E-state index contributed by atoms with van der Waals surface area (Å²) in [4.78, 5) is 11.6. The molecule has 0 N–H and O–H groups in total. The van der Waals surface area contributed by atoms with Gasteiger partial charge in [0.05, 0.1) is 6.61 Å². The predicted octanol–water partition coefficient (Wildman–Crippen LogP) is 4.86. The highest BCUT2D eigenvalue weighted by Crippen LogP contribution is 2.24. The van der Waals surface area contributed by atoms with Gasteiger partial charge in [-0.15, -0.1) is 0 Å². The van der Waals surface area contributed by atoms with Gasteiger partial charge < -0.3 is 21.2 Å². The zero-order chi connectivity index (χ0) is 22.4. The quantitative estimate of drug-likeness (QED) is 0.162. The van der Waals surface area contributed by atoms with Crippen LogP contribution in [0.25, 0.3) is 0 Å². The predicted molar refractivity (Wildman–Crippen MR) is 128 cm³/mol. The highest BCUT2D eigenvalue weighted by atomic mass is 28.5. The minimum absolute atomic E-state index is 0.349. The van der Waals surface area contributed by atoms with Gasteiger partial charge >= 0.3 is 32.4 Å². The van der Waals surface area contributed by atoms with Crippen molar-refractivity contribution in [1.29, 1.82) is 0 Å². The monoisotopic (exact) mass is 482 g/mol. The summed E-state index contributed by atoms with van der Waals surface area (Å²) in [6.45, 7) is 27.0. The fourth-order valence-electron chi connectivity index (χ4n) is 3.00. The van der Waals surface area contributed by atoms with Gasteiger partial charge in [0.1, 0.15) is 0 Å². The Morgan fingerprint density at radius 3 is 1.82 bits per heavy atom. The van der Waals surface area contributed by atoms with E-state index in [9.17, 15) is 4.79 Å². The van der Waals surface area contributed by atoms with Crippen LogP contribution in [0.3, 0.4) is 0 Å². The maximum absolute atomic E-state index is 11.6. The Morgan fingerprint density at radius 1 is 0.893 bits per heavy atom. The lowest BCUT2D eigenvalue weighted by Crippen LogP contribution is -2.54. The van der Waals surface area contributed by atoms with Crippen LogP contribution >= 0.6 is 0 Å². The first-order chi connectivity index (χ1) is 12.3. The minimum atomic E-state index is -2.44. The lowest BCUT2D eigenvalue weighted by atomic mass is 10.4. The first-order valence-corrected chi connectivity index (χ1v) is 24.2. The lowest BCUT2D eigenvalue weighted by molar-refractivity contribution is -0.138. The molecule has 0 radical (unpaired) electrons. The van der Waals surface area contributed by atoms with E-state index in [0.29, 0.717) is 18.6 Å². The zero-order valence-corrected chi connectivity index (χ0v) is 25.0. The number of hydrogen-bond acceptors (Lipinski definition) is 6. The van der Waals surface area contributed by atoms with Crippen molar-refractivity contribution in [3.63, 3.8) is 0 Å². The van der Waals surface area contributed by atoms with Crippen molar-refractivity contribution in [3.05, 3.63) is 12.2 Å². The molecule has 28 heavy (non-hydrogen) atoms. The number of esters is 1. The van der Waals surface area contributed by atoms with Crippen molar-refractivity contribution in [2.45, 2.75) is 84.9 Å². The van der Waals surface area contributed by atoms with Crippen molar-refractivity contribution in [1.82, 2.24) is 0 Å². The summed E-state index contributed by atoms with van der Waals surface area (Å²) in [6, 6.07) is 0.762. The van der Waals surface area contributed by atoms with E-state index in [1.165, 1.54) is 0 Å². The van der Waals surface area contributed by atoms with E-state index >= 15 is 0 Å². The third kappa shape index (κ3) is 14.2. The van der Waals surface area contributed by atoms with E-state index in [1.807, 2.05) is 0 Å². The van der Waals surface area contributed by atoms with Gasteiger partial charge in [-0.1, -0.05) is 6.58 Å². The zero-order valence-electron chi connectivity index (χ0n) is 19.9. The van der Waals surface area contributed by atoms with Crippen LogP contribution in [-0.2, 0) is 26.0 Å². The molecule has 0 aromatic heterocycles. The van der Waals surface area contributed by atoms with E-state index in [-0.39, 0.29) is 5.97 Å². The summed E-state index contributed by atoms with van der Waals surface area (Å²) in [5.74, 6) is -0.349. The smallest absolute Gasteiger partial charge is 0.333 e. The van der Waals surface area contributed by atoms with E-state index in [1.54, 1.807) is 6.92 Å². The molecule has 0 spiro atoms. The summed E-state index contributed by atoms with van der Waals surface area (Å²) in [6.07, 6.45) is 0.708. The molecule has 0 aromatic rings. The van der Waals surface area contributed by atoms with Crippen molar-refractivity contribution in [2.75, 3.05) is 6.61 Å². The van der Waals surface area contributed by atoms with Gasteiger partial charge in [-0.05, 0) is 84.9 Å². The first kappa shape index (κ1) is 28.1. The highest BCUT2D eigenvalue weighted by molar-refractivity contribution is 6.86.